The van der Waals surface area contributed by atoms with Gasteiger partial charge in [0.15, 0.2) is 6.61 Å². The van der Waals surface area contributed by atoms with E-state index in [1.165, 1.54) is 7.11 Å². The van der Waals surface area contributed by atoms with E-state index in [1.54, 1.807) is 19.9 Å². The van der Waals surface area contributed by atoms with Gasteiger partial charge < -0.3 is 14.5 Å². The van der Waals surface area contributed by atoms with Crippen LogP contribution in [0, 0.1) is 13.8 Å². The van der Waals surface area contributed by atoms with Crippen molar-refractivity contribution in [3.8, 4) is 5.75 Å². The van der Waals surface area contributed by atoms with Crippen LogP contribution in [0.4, 0.5) is 0 Å². The summed E-state index contributed by atoms with van der Waals surface area (Å²) in [4.78, 5) is 27.1. The molecule has 0 unspecified atom stereocenters. The molecule has 0 spiro atoms. The molecule has 0 radical (unpaired) electrons. The summed E-state index contributed by atoms with van der Waals surface area (Å²) in [6.45, 7) is 3.29. The van der Waals surface area contributed by atoms with Gasteiger partial charge in [0.1, 0.15) is 5.75 Å². The Balaban J connectivity index is 2.17. The van der Waals surface area contributed by atoms with Gasteiger partial charge in [-0.3, -0.25) is 4.79 Å². The van der Waals surface area contributed by atoms with Crippen LogP contribution in [0.2, 0.25) is 0 Å². The molecule has 7 heteroatoms. The molecule has 0 fully saturated rings. The second-order valence-corrected chi connectivity index (χ2v) is 6.67. The van der Waals surface area contributed by atoms with E-state index in [1.807, 2.05) is 12.1 Å². The largest absolute Gasteiger partial charge is 0.484 e. The Morgan fingerprint density at radius 2 is 1.91 bits per heavy atom. The van der Waals surface area contributed by atoms with Gasteiger partial charge in [0.05, 0.1) is 22.8 Å². The smallest absolute Gasteiger partial charge is 0.339 e. The van der Waals surface area contributed by atoms with E-state index in [9.17, 15) is 9.59 Å². The number of aromatic nitrogens is 1. The lowest BCUT2D eigenvalue weighted by atomic mass is 10.1. The molecule has 0 saturated heterocycles. The number of hydrogen-bond acceptors (Lipinski definition) is 4. The summed E-state index contributed by atoms with van der Waals surface area (Å²) in [5.74, 6) is -0.141. The van der Waals surface area contributed by atoms with Gasteiger partial charge >= 0.3 is 5.97 Å². The number of carbonyl (C=O) groups excluding carboxylic acids is 2. The number of halogens is 2. The zero-order valence-corrected chi connectivity index (χ0v) is 16.0. The second kappa shape index (κ2) is 7.31. The zero-order valence-electron chi connectivity index (χ0n) is 12.8. The first kappa shape index (κ1) is 17.7. The van der Waals surface area contributed by atoms with Crippen LogP contribution in [0.25, 0.3) is 0 Å². The summed E-state index contributed by atoms with van der Waals surface area (Å²) >= 11 is 6.73. The van der Waals surface area contributed by atoms with Crippen molar-refractivity contribution in [2.75, 3.05) is 13.7 Å². The number of aromatic amines is 1. The minimum atomic E-state index is -0.466. The van der Waals surface area contributed by atoms with E-state index < -0.39 is 5.97 Å². The van der Waals surface area contributed by atoms with Crippen LogP contribution in [-0.2, 0) is 4.74 Å². The maximum absolute atomic E-state index is 12.4. The molecule has 0 aliphatic carbocycles. The normalized spacial score (nSPS) is 10.5. The number of rotatable bonds is 5. The van der Waals surface area contributed by atoms with Gasteiger partial charge in [-0.2, -0.15) is 0 Å². The fraction of sp³-hybridized carbons (Fsp3) is 0.250. The standard InChI is InChI=1S/C16H15Br2NO4/c1-8-14(16(21)22-3)9(2)19-15(8)12(20)7-23-13-5-4-10(17)6-11(13)18/h4-6,19H,7H2,1-3H3. The Kier molecular flexibility index (Phi) is 5.64. The molecule has 1 N–H and O–H groups in total. The molecule has 0 saturated carbocycles. The molecule has 1 heterocycles. The number of Topliss-reactive ketones (excluding diaryl/α,β-unsaturated/α-hetero) is 1. The molecule has 2 aromatic rings. The Morgan fingerprint density at radius 1 is 1.22 bits per heavy atom. The number of aryl methyl sites for hydroxylation is 1. The SMILES string of the molecule is COC(=O)c1c(C)[nH]c(C(=O)COc2ccc(Br)cc2Br)c1C. The molecule has 0 aliphatic heterocycles. The molecule has 1 aromatic heterocycles. The monoisotopic (exact) mass is 443 g/mol. The fourth-order valence-corrected chi connectivity index (χ4v) is 3.41. The molecule has 23 heavy (non-hydrogen) atoms. The molecule has 122 valence electrons. The predicted molar refractivity (Wildman–Crippen MR) is 93.3 cm³/mol. The van der Waals surface area contributed by atoms with Gasteiger partial charge in [-0.1, -0.05) is 15.9 Å². The average Bonchev–Trinajstić information content (AvgIpc) is 2.80. The maximum Gasteiger partial charge on any atom is 0.339 e. The van der Waals surface area contributed by atoms with Crippen LogP contribution in [0.15, 0.2) is 27.1 Å². The summed E-state index contributed by atoms with van der Waals surface area (Å²) in [7, 11) is 1.31. The number of ether oxygens (including phenoxy) is 2. The number of benzene rings is 1. The highest BCUT2D eigenvalue weighted by Gasteiger charge is 2.22. The summed E-state index contributed by atoms with van der Waals surface area (Å²) in [5.41, 5.74) is 1.91. The van der Waals surface area contributed by atoms with Crippen LogP contribution in [-0.4, -0.2) is 30.5 Å². The van der Waals surface area contributed by atoms with Crippen LogP contribution in [0.3, 0.4) is 0 Å². The van der Waals surface area contributed by atoms with Crippen LogP contribution < -0.4 is 4.74 Å². The summed E-state index contributed by atoms with van der Waals surface area (Å²) in [5, 5.41) is 0. The van der Waals surface area contributed by atoms with Gasteiger partial charge in [0.2, 0.25) is 5.78 Å². The molecule has 0 amide bonds. The highest BCUT2D eigenvalue weighted by Crippen LogP contribution is 2.28. The van der Waals surface area contributed by atoms with Gasteiger partial charge in [-0.15, -0.1) is 0 Å². The van der Waals surface area contributed by atoms with Gasteiger partial charge in [-0.05, 0) is 53.5 Å². The van der Waals surface area contributed by atoms with E-state index in [0.717, 1.165) is 8.95 Å². The first-order valence-electron chi connectivity index (χ1n) is 6.73. The lowest BCUT2D eigenvalue weighted by molar-refractivity contribution is 0.0599. The van der Waals surface area contributed by atoms with Crippen molar-refractivity contribution in [1.82, 2.24) is 4.98 Å². The lowest BCUT2D eigenvalue weighted by Gasteiger charge is -2.08. The molecule has 1 aromatic carbocycles. The van der Waals surface area contributed by atoms with Crippen molar-refractivity contribution < 1.29 is 19.1 Å². The number of nitrogens with one attached hydrogen (secondary N) is 1. The Hall–Kier alpha value is -1.60. The summed E-state index contributed by atoms with van der Waals surface area (Å²) < 4.78 is 11.9. The van der Waals surface area contributed by atoms with E-state index in [-0.39, 0.29) is 12.4 Å². The minimum Gasteiger partial charge on any atom is -0.484 e. The Morgan fingerprint density at radius 3 is 2.52 bits per heavy atom. The lowest BCUT2D eigenvalue weighted by Crippen LogP contribution is -2.13. The summed E-state index contributed by atoms with van der Waals surface area (Å²) in [6, 6.07) is 5.41. The fourth-order valence-electron chi connectivity index (χ4n) is 2.24. The molecular formula is C16H15Br2NO4. The Bertz CT molecular complexity index is 768. The third-order valence-corrected chi connectivity index (χ3v) is 4.47. The highest BCUT2D eigenvalue weighted by molar-refractivity contribution is 9.11. The quantitative estimate of drug-likeness (QED) is 0.554. The third-order valence-electron chi connectivity index (χ3n) is 3.36. The number of carbonyl (C=O) groups is 2. The molecule has 5 nitrogen and oxygen atoms in total. The van der Waals surface area contributed by atoms with Gasteiger partial charge in [-0.25, -0.2) is 4.79 Å². The van der Waals surface area contributed by atoms with Gasteiger partial charge in [0.25, 0.3) is 0 Å². The number of esters is 1. The topological polar surface area (TPSA) is 68.4 Å². The Labute approximate surface area is 150 Å². The van der Waals surface area contributed by atoms with Crippen molar-refractivity contribution in [2.45, 2.75) is 13.8 Å². The van der Waals surface area contributed by atoms with E-state index in [4.69, 9.17) is 9.47 Å². The first-order chi connectivity index (χ1) is 10.8. The minimum absolute atomic E-state index is 0.137. The number of hydrogen-bond donors (Lipinski definition) is 1. The van der Waals surface area contributed by atoms with E-state index in [0.29, 0.717) is 28.3 Å². The van der Waals surface area contributed by atoms with Crippen LogP contribution in [0.1, 0.15) is 32.1 Å². The first-order valence-corrected chi connectivity index (χ1v) is 8.32. The van der Waals surface area contributed by atoms with Crippen molar-refractivity contribution in [3.63, 3.8) is 0 Å². The van der Waals surface area contributed by atoms with Crippen LogP contribution in [0.5, 0.6) is 5.75 Å². The third kappa shape index (κ3) is 3.84. The average molecular weight is 445 g/mol. The van der Waals surface area contributed by atoms with E-state index >= 15 is 0 Å². The molecule has 0 bridgehead atoms. The molecule has 0 atom stereocenters. The highest BCUT2D eigenvalue weighted by atomic mass is 79.9. The molecular weight excluding hydrogens is 430 g/mol. The van der Waals surface area contributed by atoms with Gasteiger partial charge in [0, 0.05) is 10.2 Å². The van der Waals surface area contributed by atoms with E-state index in [2.05, 4.69) is 36.8 Å². The zero-order chi connectivity index (χ0) is 17.1. The number of H-pyrrole nitrogens is 1. The van der Waals surface area contributed by atoms with Crippen LogP contribution >= 0.6 is 31.9 Å². The molecule has 2 rings (SSSR count). The van der Waals surface area contributed by atoms with Crippen molar-refractivity contribution in [2.24, 2.45) is 0 Å². The maximum atomic E-state index is 12.4. The summed E-state index contributed by atoms with van der Waals surface area (Å²) in [6.07, 6.45) is 0. The van der Waals surface area contributed by atoms with Crippen molar-refractivity contribution in [3.05, 3.63) is 49.7 Å². The van der Waals surface area contributed by atoms with Crippen molar-refractivity contribution in [1.29, 1.82) is 0 Å². The number of ketones is 1. The predicted octanol–water partition coefficient (Wildman–Crippen LogP) is 4.20. The second-order valence-electron chi connectivity index (χ2n) is 4.90. The number of methoxy groups -OCH3 is 1. The molecule has 0 aliphatic rings. The van der Waals surface area contributed by atoms with Crippen molar-refractivity contribution >= 4 is 43.6 Å².